The summed E-state index contributed by atoms with van der Waals surface area (Å²) in [7, 11) is 1.72. The van der Waals surface area contributed by atoms with Crippen LogP contribution >= 0.6 is 0 Å². The second-order valence-corrected chi connectivity index (χ2v) is 3.18. The van der Waals surface area contributed by atoms with Gasteiger partial charge in [-0.05, 0) is 17.5 Å². The number of rotatable bonds is 1. The highest BCUT2D eigenvalue weighted by atomic mass is 16.1. The average molecular weight is 186 g/mol. The molecular weight excluding hydrogens is 176 g/mol. The summed E-state index contributed by atoms with van der Waals surface area (Å²) in [5.74, 6) is 0. The van der Waals surface area contributed by atoms with Gasteiger partial charge in [-0.3, -0.25) is 4.79 Å². The van der Waals surface area contributed by atoms with Crippen molar-refractivity contribution in [3.63, 3.8) is 0 Å². The molecule has 0 atom stereocenters. The Balaban J connectivity index is 3.00. The maximum absolute atomic E-state index is 11.7. The van der Waals surface area contributed by atoms with Gasteiger partial charge in [0, 0.05) is 30.4 Å². The van der Waals surface area contributed by atoms with E-state index in [2.05, 4.69) is 0 Å². The zero-order valence-corrected chi connectivity index (χ0v) is 7.82. The number of aromatic nitrogens is 1. The highest BCUT2D eigenvalue weighted by Gasteiger charge is 2.02. The third-order valence-electron chi connectivity index (χ3n) is 2.31. The van der Waals surface area contributed by atoms with E-state index in [0.717, 1.165) is 10.9 Å². The molecule has 0 saturated carbocycles. The smallest absolute Gasteiger partial charge is 0.258 e. The van der Waals surface area contributed by atoms with Gasteiger partial charge in [-0.25, -0.2) is 0 Å². The van der Waals surface area contributed by atoms with E-state index in [1.807, 2.05) is 12.1 Å². The van der Waals surface area contributed by atoms with Gasteiger partial charge < -0.3 is 9.98 Å². The van der Waals surface area contributed by atoms with Gasteiger partial charge in [-0.2, -0.15) is 0 Å². The molecule has 70 valence electrons. The van der Waals surface area contributed by atoms with Crippen LogP contribution in [-0.4, -0.2) is 10.8 Å². The van der Waals surface area contributed by atoms with Gasteiger partial charge >= 0.3 is 0 Å². The van der Waals surface area contributed by atoms with Crippen molar-refractivity contribution in [2.75, 3.05) is 0 Å². The summed E-state index contributed by atoms with van der Waals surface area (Å²) >= 11 is 0. The number of nitrogens with zero attached hydrogens (tertiary/aromatic N) is 1. The molecule has 1 N–H and O–H groups in total. The lowest BCUT2D eigenvalue weighted by Crippen LogP contribution is -2.15. The standard InChI is InChI=1S/C11H10N2O/c1-13-6-5-9-8(7-12)3-2-4-10(9)11(13)14/h2-7,12H,1H3. The van der Waals surface area contributed by atoms with E-state index in [1.165, 1.54) is 10.8 Å². The van der Waals surface area contributed by atoms with Gasteiger partial charge in [0.05, 0.1) is 0 Å². The molecule has 0 aliphatic rings. The summed E-state index contributed by atoms with van der Waals surface area (Å²) in [4.78, 5) is 11.7. The number of nitrogens with one attached hydrogen (secondary N) is 1. The molecule has 0 radical (unpaired) electrons. The fraction of sp³-hybridized carbons (Fsp3) is 0.0909. The zero-order chi connectivity index (χ0) is 10.1. The molecule has 0 aliphatic carbocycles. The first-order valence-corrected chi connectivity index (χ1v) is 4.33. The maximum Gasteiger partial charge on any atom is 0.258 e. The van der Waals surface area contributed by atoms with Crippen molar-refractivity contribution in [1.29, 1.82) is 5.41 Å². The van der Waals surface area contributed by atoms with Crippen LogP contribution in [0.1, 0.15) is 5.56 Å². The van der Waals surface area contributed by atoms with Gasteiger partial charge in [0.1, 0.15) is 0 Å². The van der Waals surface area contributed by atoms with Gasteiger partial charge in [-0.15, -0.1) is 0 Å². The molecule has 3 nitrogen and oxygen atoms in total. The van der Waals surface area contributed by atoms with Gasteiger partial charge in [-0.1, -0.05) is 12.1 Å². The minimum Gasteiger partial charge on any atom is -0.318 e. The number of hydrogen-bond acceptors (Lipinski definition) is 2. The Kier molecular flexibility index (Phi) is 1.93. The first-order chi connectivity index (χ1) is 6.74. The lowest BCUT2D eigenvalue weighted by molar-refractivity contribution is 0.873. The molecule has 1 heterocycles. The predicted octanol–water partition coefficient (Wildman–Crippen LogP) is 1.54. The van der Waals surface area contributed by atoms with E-state index < -0.39 is 0 Å². The molecule has 0 fully saturated rings. The molecule has 0 aliphatic heterocycles. The molecule has 0 amide bonds. The van der Waals surface area contributed by atoms with Crippen LogP contribution in [0.3, 0.4) is 0 Å². The van der Waals surface area contributed by atoms with Crippen LogP contribution in [0.2, 0.25) is 0 Å². The van der Waals surface area contributed by atoms with Crippen LogP contribution in [0.15, 0.2) is 35.3 Å². The molecule has 0 bridgehead atoms. The van der Waals surface area contributed by atoms with E-state index >= 15 is 0 Å². The molecule has 0 unspecified atom stereocenters. The van der Waals surface area contributed by atoms with E-state index in [1.54, 1.807) is 25.4 Å². The van der Waals surface area contributed by atoms with Gasteiger partial charge in [0.2, 0.25) is 0 Å². The molecular formula is C11H10N2O. The van der Waals surface area contributed by atoms with Crippen LogP contribution in [0.4, 0.5) is 0 Å². The zero-order valence-electron chi connectivity index (χ0n) is 7.82. The quantitative estimate of drug-likeness (QED) is 0.674. The van der Waals surface area contributed by atoms with Crippen LogP contribution in [0, 0.1) is 5.41 Å². The predicted molar refractivity (Wildman–Crippen MR) is 57.1 cm³/mol. The average Bonchev–Trinajstić information content (AvgIpc) is 2.23. The Labute approximate surface area is 81.1 Å². The summed E-state index contributed by atoms with van der Waals surface area (Å²) in [6.07, 6.45) is 2.99. The monoisotopic (exact) mass is 186 g/mol. The lowest BCUT2D eigenvalue weighted by atomic mass is 10.1. The van der Waals surface area contributed by atoms with E-state index in [-0.39, 0.29) is 5.56 Å². The van der Waals surface area contributed by atoms with Crippen molar-refractivity contribution in [2.24, 2.45) is 7.05 Å². The fourth-order valence-electron chi connectivity index (χ4n) is 1.53. The summed E-state index contributed by atoms with van der Waals surface area (Å²) in [6.45, 7) is 0. The largest absolute Gasteiger partial charge is 0.318 e. The first kappa shape index (κ1) is 8.69. The van der Waals surface area contributed by atoms with E-state index in [0.29, 0.717) is 5.39 Å². The van der Waals surface area contributed by atoms with E-state index in [9.17, 15) is 4.79 Å². The van der Waals surface area contributed by atoms with Crippen LogP contribution in [0.5, 0.6) is 0 Å². The molecule has 2 aromatic rings. The van der Waals surface area contributed by atoms with Crippen molar-refractivity contribution in [2.45, 2.75) is 0 Å². The van der Waals surface area contributed by atoms with Crippen LogP contribution in [-0.2, 0) is 7.05 Å². The van der Waals surface area contributed by atoms with Crippen molar-refractivity contribution in [3.8, 4) is 0 Å². The SMILES string of the molecule is Cn1ccc2c(C=N)cccc2c1=O. The number of hydrogen-bond donors (Lipinski definition) is 1. The second-order valence-electron chi connectivity index (χ2n) is 3.18. The lowest BCUT2D eigenvalue weighted by Gasteiger charge is -2.02. The van der Waals surface area contributed by atoms with Crippen molar-refractivity contribution >= 4 is 17.0 Å². The Morgan fingerprint density at radius 3 is 2.79 bits per heavy atom. The molecule has 2 rings (SSSR count). The third kappa shape index (κ3) is 1.14. The molecule has 14 heavy (non-hydrogen) atoms. The minimum absolute atomic E-state index is 0.0220. The third-order valence-corrected chi connectivity index (χ3v) is 2.31. The number of aryl methyl sites for hydroxylation is 1. The summed E-state index contributed by atoms with van der Waals surface area (Å²) in [6, 6.07) is 7.26. The topological polar surface area (TPSA) is 45.9 Å². The van der Waals surface area contributed by atoms with Crippen LogP contribution in [0.25, 0.3) is 10.8 Å². The molecule has 1 aromatic carbocycles. The highest BCUT2D eigenvalue weighted by molar-refractivity contribution is 5.98. The number of pyridine rings is 1. The Hall–Kier alpha value is -1.90. The Morgan fingerprint density at radius 2 is 2.07 bits per heavy atom. The van der Waals surface area contributed by atoms with Crippen molar-refractivity contribution < 1.29 is 0 Å². The Bertz CT molecular complexity index is 555. The summed E-state index contributed by atoms with van der Waals surface area (Å²) < 4.78 is 1.54. The first-order valence-electron chi connectivity index (χ1n) is 4.33. The number of fused-ring (bicyclic) bond motifs is 1. The van der Waals surface area contributed by atoms with Crippen molar-refractivity contribution in [3.05, 3.63) is 46.4 Å². The van der Waals surface area contributed by atoms with Gasteiger partial charge in [0.25, 0.3) is 5.56 Å². The summed E-state index contributed by atoms with van der Waals surface area (Å²) in [5, 5.41) is 8.72. The second kappa shape index (κ2) is 3.10. The summed E-state index contributed by atoms with van der Waals surface area (Å²) in [5.41, 5.74) is 0.756. The normalized spacial score (nSPS) is 10.4. The fourth-order valence-corrected chi connectivity index (χ4v) is 1.53. The molecule has 0 saturated heterocycles. The Morgan fingerprint density at radius 1 is 1.29 bits per heavy atom. The van der Waals surface area contributed by atoms with Crippen LogP contribution < -0.4 is 5.56 Å². The van der Waals surface area contributed by atoms with Crippen molar-refractivity contribution in [1.82, 2.24) is 4.57 Å². The minimum atomic E-state index is -0.0220. The van der Waals surface area contributed by atoms with Gasteiger partial charge in [0.15, 0.2) is 0 Å². The molecule has 3 heteroatoms. The number of benzene rings is 1. The maximum atomic E-state index is 11.7. The highest BCUT2D eigenvalue weighted by Crippen LogP contribution is 2.12. The molecule has 0 spiro atoms. The van der Waals surface area contributed by atoms with E-state index in [4.69, 9.17) is 5.41 Å². The molecule has 1 aromatic heterocycles.